The van der Waals surface area contributed by atoms with E-state index in [9.17, 15) is 13.6 Å². The average Bonchev–Trinajstić information content (AvgIpc) is 2.74. The Balaban J connectivity index is 2.41. The molecule has 2 rings (SSSR count). The number of carboxylic acid groups (broad SMARTS) is 1. The smallest absolute Gasteiger partial charge is 0.309 e. The standard InChI is InChI=1S/C15H15F2NO3/c1-8(2)5-13-12(7-14(19)20)18-15(21-13)9-3-4-10(16)11(17)6-9/h3-4,6,8H,5,7H2,1-2H3,(H,19,20). The molecule has 21 heavy (non-hydrogen) atoms. The number of aromatic nitrogens is 1. The van der Waals surface area contributed by atoms with E-state index in [1.807, 2.05) is 13.8 Å². The molecule has 2 aromatic rings. The summed E-state index contributed by atoms with van der Waals surface area (Å²) >= 11 is 0. The number of hydrogen-bond donors (Lipinski definition) is 1. The molecule has 0 radical (unpaired) electrons. The van der Waals surface area contributed by atoms with Crippen LogP contribution in [0.1, 0.15) is 25.3 Å². The van der Waals surface area contributed by atoms with Crippen LogP contribution in [0.25, 0.3) is 11.5 Å². The summed E-state index contributed by atoms with van der Waals surface area (Å²) < 4.78 is 31.7. The fourth-order valence-corrected chi connectivity index (χ4v) is 1.95. The fraction of sp³-hybridized carbons (Fsp3) is 0.333. The molecule has 6 heteroatoms. The molecule has 4 nitrogen and oxygen atoms in total. The molecule has 0 bridgehead atoms. The van der Waals surface area contributed by atoms with Crippen molar-refractivity contribution in [3.8, 4) is 11.5 Å². The normalized spacial score (nSPS) is 11.1. The zero-order valence-corrected chi connectivity index (χ0v) is 11.7. The third kappa shape index (κ3) is 3.65. The highest BCUT2D eigenvalue weighted by Crippen LogP contribution is 2.25. The van der Waals surface area contributed by atoms with E-state index in [0.717, 1.165) is 12.1 Å². The zero-order valence-electron chi connectivity index (χ0n) is 11.7. The number of nitrogens with zero attached hydrogens (tertiary/aromatic N) is 1. The van der Waals surface area contributed by atoms with Gasteiger partial charge in [-0.25, -0.2) is 13.8 Å². The van der Waals surface area contributed by atoms with Crippen molar-refractivity contribution >= 4 is 5.97 Å². The first-order valence-corrected chi connectivity index (χ1v) is 6.52. The SMILES string of the molecule is CC(C)Cc1oc(-c2ccc(F)c(F)c2)nc1CC(=O)O. The lowest BCUT2D eigenvalue weighted by Gasteiger charge is -2.02. The Morgan fingerprint density at radius 3 is 2.62 bits per heavy atom. The van der Waals surface area contributed by atoms with Crippen LogP contribution in [0.4, 0.5) is 8.78 Å². The Kier molecular flexibility index (Phi) is 4.35. The van der Waals surface area contributed by atoms with Gasteiger partial charge < -0.3 is 9.52 Å². The maximum atomic E-state index is 13.3. The average molecular weight is 295 g/mol. The minimum Gasteiger partial charge on any atom is -0.481 e. The van der Waals surface area contributed by atoms with Gasteiger partial charge in [-0.1, -0.05) is 13.8 Å². The van der Waals surface area contributed by atoms with Crippen molar-refractivity contribution in [3.63, 3.8) is 0 Å². The minimum absolute atomic E-state index is 0.0980. The lowest BCUT2D eigenvalue weighted by Crippen LogP contribution is -2.04. The molecule has 0 aliphatic carbocycles. The first-order chi connectivity index (χ1) is 9.86. The summed E-state index contributed by atoms with van der Waals surface area (Å²) in [6.45, 7) is 3.93. The molecule has 0 aliphatic heterocycles. The van der Waals surface area contributed by atoms with E-state index in [4.69, 9.17) is 9.52 Å². The lowest BCUT2D eigenvalue weighted by atomic mass is 10.1. The molecular formula is C15H15F2NO3. The highest BCUT2D eigenvalue weighted by Gasteiger charge is 2.18. The van der Waals surface area contributed by atoms with Crippen LogP contribution in [0.15, 0.2) is 22.6 Å². The lowest BCUT2D eigenvalue weighted by molar-refractivity contribution is -0.136. The number of halogens is 2. The molecule has 0 unspecified atom stereocenters. The van der Waals surface area contributed by atoms with Crippen molar-refractivity contribution in [1.29, 1.82) is 0 Å². The summed E-state index contributed by atoms with van der Waals surface area (Å²) in [6, 6.07) is 3.30. The first-order valence-electron chi connectivity index (χ1n) is 6.52. The molecule has 1 aromatic heterocycles. The predicted octanol–water partition coefficient (Wildman–Crippen LogP) is 3.45. The Morgan fingerprint density at radius 2 is 2.05 bits per heavy atom. The van der Waals surface area contributed by atoms with Gasteiger partial charge in [0.2, 0.25) is 5.89 Å². The molecule has 112 valence electrons. The molecule has 0 aliphatic rings. The third-order valence-corrected chi connectivity index (χ3v) is 2.86. The number of aliphatic carboxylic acids is 1. The van der Waals surface area contributed by atoms with Gasteiger partial charge in [0, 0.05) is 12.0 Å². The summed E-state index contributed by atoms with van der Waals surface area (Å²) in [4.78, 5) is 15.0. The number of carboxylic acids is 1. The largest absolute Gasteiger partial charge is 0.481 e. The molecule has 0 spiro atoms. The van der Waals surface area contributed by atoms with Gasteiger partial charge in [0.1, 0.15) is 5.76 Å². The van der Waals surface area contributed by atoms with Crippen LogP contribution in [0.2, 0.25) is 0 Å². The summed E-state index contributed by atoms with van der Waals surface area (Å²) in [6.07, 6.45) is 0.258. The topological polar surface area (TPSA) is 63.3 Å². The minimum atomic E-state index is -1.02. The van der Waals surface area contributed by atoms with Crippen molar-refractivity contribution in [2.75, 3.05) is 0 Å². The van der Waals surface area contributed by atoms with Gasteiger partial charge in [-0.3, -0.25) is 4.79 Å². The van der Waals surface area contributed by atoms with Crippen molar-refractivity contribution in [2.45, 2.75) is 26.7 Å². The second-order valence-corrected chi connectivity index (χ2v) is 5.19. The highest BCUT2D eigenvalue weighted by atomic mass is 19.2. The molecular weight excluding hydrogens is 280 g/mol. The maximum absolute atomic E-state index is 13.3. The van der Waals surface area contributed by atoms with E-state index in [-0.39, 0.29) is 23.8 Å². The molecule has 0 atom stereocenters. The second kappa shape index (κ2) is 6.03. The Bertz CT molecular complexity index is 665. The number of carbonyl (C=O) groups is 1. The maximum Gasteiger partial charge on any atom is 0.309 e. The first kappa shape index (κ1) is 15.2. The van der Waals surface area contributed by atoms with Crippen LogP contribution in [-0.4, -0.2) is 16.1 Å². The number of benzene rings is 1. The molecule has 1 heterocycles. The molecule has 1 N–H and O–H groups in total. The van der Waals surface area contributed by atoms with Crippen molar-refractivity contribution < 1.29 is 23.1 Å². The van der Waals surface area contributed by atoms with Crippen LogP contribution in [0, 0.1) is 17.6 Å². The second-order valence-electron chi connectivity index (χ2n) is 5.19. The van der Waals surface area contributed by atoms with E-state index in [1.165, 1.54) is 6.07 Å². The molecule has 0 amide bonds. The van der Waals surface area contributed by atoms with E-state index in [0.29, 0.717) is 17.9 Å². The third-order valence-electron chi connectivity index (χ3n) is 2.86. The number of hydrogen-bond acceptors (Lipinski definition) is 3. The molecule has 0 fully saturated rings. The zero-order chi connectivity index (χ0) is 15.6. The van der Waals surface area contributed by atoms with Crippen molar-refractivity contribution in [3.05, 3.63) is 41.3 Å². The fourth-order valence-electron chi connectivity index (χ4n) is 1.95. The summed E-state index contributed by atoms with van der Waals surface area (Å²) in [5, 5.41) is 8.89. The molecule has 1 aromatic carbocycles. The van der Waals surface area contributed by atoms with Gasteiger partial charge in [0.25, 0.3) is 0 Å². The van der Waals surface area contributed by atoms with Crippen molar-refractivity contribution in [2.24, 2.45) is 5.92 Å². The molecule has 0 saturated heterocycles. The van der Waals surface area contributed by atoms with Gasteiger partial charge in [-0.15, -0.1) is 0 Å². The van der Waals surface area contributed by atoms with Gasteiger partial charge in [0.15, 0.2) is 11.6 Å². The van der Waals surface area contributed by atoms with Gasteiger partial charge in [-0.05, 0) is 24.1 Å². The van der Waals surface area contributed by atoms with Crippen LogP contribution in [0.5, 0.6) is 0 Å². The Labute approximate surface area is 120 Å². The van der Waals surface area contributed by atoms with Gasteiger partial charge >= 0.3 is 5.97 Å². The monoisotopic (exact) mass is 295 g/mol. The van der Waals surface area contributed by atoms with Gasteiger partial charge in [0.05, 0.1) is 12.1 Å². The summed E-state index contributed by atoms with van der Waals surface area (Å²) in [5.74, 6) is -2.17. The Hall–Kier alpha value is -2.24. The van der Waals surface area contributed by atoms with E-state index in [1.54, 1.807) is 0 Å². The van der Waals surface area contributed by atoms with E-state index < -0.39 is 17.6 Å². The van der Waals surface area contributed by atoms with E-state index in [2.05, 4.69) is 4.98 Å². The number of rotatable bonds is 5. The highest BCUT2D eigenvalue weighted by molar-refractivity contribution is 5.70. The predicted molar refractivity (Wildman–Crippen MR) is 71.7 cm³/mol. The van der Waals surface area contributed by atoms with Crippen LogP contribution in [0.3, 0.4) is 0 Å². The van der Waals surface area contributed by atoms with Crippen LogP contribution >= 0.6 is 0 Å². The summed E-state index contributed by atoms with van der Waals surface area (Å²) in [7, 11) is 0. The van der Waals surface area contributed by atoms with Crippen LogP contribution in [-0.2, 0) is 17.6 Å². The van der Waals surface area contributed by atoms with Gasteiger partial charge in [-0.2, -0.15) is 0 Å². The number of oxazole rings is 1. The van der Waals surface area contributed by atoms with E-state index >= 15 is 0 Å². The van der Waals surface area contributed by atoms with Crippen LogP contribution < -0.4 is 0 Å². The Morgan fingerprint density at radius 1 is 1.33 bits per heavy atom. The summed E-state index contributed by atoms with van der Waals surface area (Å²) in [5.41, 5.74) is 0.589. The quantitative estimate of drug-likeness (QED) is 0.917. The van der Waals surface area contributed by atoms with Crippen molar-refractivity contribution in [1.82, 2.24) is 4.98 Å². The molecule has 0 saturated carbocycles.